The van der Waals surface area contributed by atoms with Crippen LogP contribution in [0.25, 0.3) is 22.4 Å². The molecule has 0 amide bonds. The summed E-state index contributed by atoms with van der Waals surface area (Å²) in [6.45, 7) is 0.582. The highest BCUT2D eigenvalue weighted by Crippen LogP contribution is 2.29. The number of benzene rings is 3. The van der Waals surface area contributed by atoms with Crippen LogP contribution >= 0.6 is 38.9 Å². The van der Waals surface area contributed by atoms with E-state index >= 15 is 0 Å². The lowest BCUT2D eigenvalue weighted by atomic mass is 10.2. The quantitative estimate of drug-likeness (QED) is 0.292. The molecule has 0 saturated heterocycles. The van der Waals surface area contributed by atoms with Crippen LogP contribution in [0, 0.1) is 0 Å². The summed E-state index contributed by atoms with van der Waals surface area (Å²) in [6.07, 6.45) is 0. The van der Waals surface area contributed by atoms with Crippen LogP contribution in [-0.4, -0.2) is 19.7 Å². The average molecular weight is 497 g/mol. The fourth-order valence-corrected chi connectivity index (χ4v) is 4.35. The largest absolute Gasteiger partial charge is 0.330 e. The summed E-state index contributed by atoms with van der Waals surface area (Å²) >= 11 is 11.1. The molecule has 0 radical (unpaired) electrons. The van der Waals surface area contributed by atoms with Crippen molar-refractivity contribution < 1.29 is 0 Å². The van der Waals surface area contributed by atoms with E-state index in [2.05, 4.69) is 42.1 Å². The van der Waals surface area contributed by atoms with Crippen molar-refractivity contribution in [3.63, 3.8) is 0 Å². The van der Waals surface area contributed by atoms with Crippen molar-refractivity contribution in [3.05, 3.63) is 87.3 Å². The van der Waals surface area contributed by atoms with Gasteiger partial charge >= 0.3 is 0 Å². The van der Waals surface area contributed by atoms with Crippen molar-refractivity contribution in [1.82, 2.24) is 19.7 Å². The number of para-hydroxylation sites is 2. The monoisotopic (exact) mass is 495 g/mol. The molecule has 2 aromatic heterocycles. The maximum absolute atomic E-state index is 6.07. The maximum atomic E-state index is 6.07. The number of rotatable bonds is 5. The van der Waals surface area contributed by atoms with Gasteiger partial charge in [0.2, 0.25) is 5.13 Å². The first-order chi connectivity index (χ1) is 14.7. The summed E-state index contributed by atoms with van der Waals surface area (Å²) in [5.41, 5.74) is 3.98. The van der Waals surface area contributed by atoms with E-state index in [-0.39, 0.29) is 0 Å². The number of imidazole rings is 1. The molecule has 148 valence electrons. The van der Waals surface area contributed by atoms with Crippen molar-refractivity contribution >= 4 is 60.7 Å². The van der Waals surface area contributed by atoms with Gasteiger partial charge in [0.15, 0.2) is 0 Å². The SMILES string of the molecule is Clc1ccc(-c2nc3ccccc3n2Cc2nnc(Nc3ccc(Br)cc3)s2)cc1. The zero-order chi connectivity index (χ0) is 20.5. The van der Waals surface area contributed by atoms with Gasteiger partial charge < -0.3 is 9.88 Å². The van der Waals surface area contributed by atoms with Crippen molar-refractivity contribution in [2.45, 2.75) is 6.54 Å². The van der Waals surface area contributed by atoms with Crippen molar-refractivity contribution in [2.75, 3.05) is 5.32 Å². The van der Waals surface area contributed by atoms with Crippen LogP contribution in [0.4, 0.5) is 10.8 Å². The Hall–Kier alpha value is -2.74. The third kappa shape index (κ3) is 3.96. The van der Waals surface area contributed by atoms with Gasteiger partial charge in [-0.25, -0.2) is 4.98 Å². The molecule has 30 heavy (non-hydrogen) atoms. The van der Waals surface area contributed by atoms with Gasteiger partial charge in [-0.2, -0.15) is 0 Å². The van der Waals surface area contributed by atoms with Crippen molar-refractivity contribution in [1.29, 1.82) is 0 Å². The summed E-state index contributed by atoms with van der Waals surface area (Å²) in [7, 11) is 0. The minimum Gasteiger partial charge on any atom is -0.330 e. The van der Waals surface area contributed by atoms with Crippen molar-refractivity contribution in [2.24, 2.45) is 0 Å². The van der Waals surface area contributed by atoms with Gasteiger partial charge in [0.05, 0.1) is 17.6 Å². The number of anilines is 2. The van der Waals surface area contributed by atoms with Crippen LogP contribution in [0.1, 0.15) is 5.01 Å². The van der Waals surface area contributed by atoms with Gasteiger partial charge in [-0.3, -0.25) is 0 Å². The van der Waals surface area contributed by atoms with Crippen molar-refractivity contribution in [3.8, 4) is 11.4 Å². The zero-order valence-corrected chi connectivity index (χ0v) is 18.7. The molecule has 0 fully saturated rings. The third-order valence-corrected chi connectivity index (χ3v) is 6.22. The molecule has 1 N–H and O–H groups in total. The molecule has 0 spiro atoms. The lowest BCUT2D eigenvalue weighted by Crippen LogP contribution is -2.02. The summed E-state index contributed by atoms with van der Waals surface area (Å²) in [4.78, 5) is 4.85. The maximum Gasteiger partial charge on any atom is 0.210 e. The van der Waals surface area contributed by atoms with Crippen LogP contribution in [-0.2, 0) is 6.54 Å². The highest BCUT2D eigenvalue weighted by atomic mass is 79.9. The lowest BCUT2D eigenvalue weighted by Gasteiger charge is -2.07. The number of hydrogen-bond acceptors (Lipinski definition) is 5. The molecule has 5 nitrogen and oxygen atoms in total. The Labute approximate surface area is 190 Å². The van der Waals surface area contributed by atoms with Crippen LogP contribution < -0.4 is 5.32 Å². The molecular weight excluding hydrogens is 482 g/mol. The Kier molecular flexibility index (Phi) is 5.25. The third-order valence-electron chi connectivity index (χ3n) is 4.61. The van der Waals surface area contributed by atoms with Gasteiger partial charge in [0, 0.05) is 20.7 Å². The molecule has 0 aliphatic rings. The molecule has 0 saturated carbocycles. The first-order valence-electron chi connectivity index (χ1n) is 9.22. The topological polar surface area (TPSA) is 55.6 Å². The lowest BCUT2D eigenvalue weighted by molar-refractivity contribution is 0.809. The molecule has 0 atom stereocenters. The van der Waals surface area contributed by atoms with E-state index < -0.39 is 0 Å². The molecule has 2 heterocycles. The Morgan fingerprint density at radius 2 is 1.70 bits per heavy atom. The van der Waals surface area contributed by atoms with E-state index in [4.69, 9.17) is 16.6 Å². The number of fused-ring (bicyclic) bond motifs is 1. The Balaban J connectivity index is 1.48. The second kappa shape index (κ2) is 8.18. The van der Waals surface area contributed by atoms with E-state index in [0.717, 1.165) is 42.7 Å². The average Bonchev–Trinajstić information content (AvgIpc) is 3.35. The molecule has 0 aliphatic heterocycles. The highest BCUT2D eigenvalue weighted by Gasteiger charge is 2.15. The first-order valence-corrected chi connectivity index (χ1v) is 11.2. The molecule has 0 unspecified atom stereocenters. The molecule has 5 rings (SSSR count). The van der Waals surface area contributed by atoms with Gasteiger partial charge in [-0.15, -0.1) is 10.2 Å². The Morgan fingerprint density at radius 3 is 2.50 bits per heavy atom. The fraction of sp³-hybridized carbons (Fsp3) is 0.0455. The highest BCUT2D eigenvalue weighted by molar-refractivity contribution is 9.10. The summed E-state index contributed by atoms with van der Waals surface area (Å²) in [5, 5.41) is 14.3. The van der Waals surface area contributed by atoms with Crippen LogP contribution in [0.2, 0.25) is 5.02 Å². The van der Waals surface area contributed by atoms with Gasteiger partial charge in [0.1, 0.15) is 10.8 Å². The number of hydrogen-bond donors (Lipinski definition) is 1. The summed E-state index contributed by atoms with van der Waals surface area (Å²) in [5.74, 6) is 0.880. The van der Waals surface area contributed by atoms with Crippen LogP contribution in [0.5, 0.6) is 0 Å². The standard InChI is InChI=1S/C22H15BrClN5S/c23-15-7-11-17(12-8-15)25-22-28-27-20(30-22)13-29-19-4-2-1-3-18(19)26-21(29)14-5-9-16(24)10-6-14/h1-12H,13H2,(H,25,28). The van der Waals surface area contributed by atoms with Gasteiger partial charge in [-0.05, 0) is 60.7 Å². The molecule has 0 bridgehead atoms. The van der Waals surface area contributed by atoms with Crippen LogP contribution in [0.3, 0.4) is 0 Å². The smallest absolute Gasteiger partial charge is 0.210 e. The van der Waals surface area contributed by atoms with E-state index in [1.807, 2.05) is 66.7 Å². The predicted molar refractivity (Wildman–Crippen MR) is 127 cm³/mol. The van der Waals surface area contributed by atoms with E-state index in [9.17, 15) is 0 Å². The predicted octanol–water partition coefficient (Wildman–Crippen LogP) is 6.76. The number of halogens is 2. The molecule has 8 heteroatoms. The fourth-order valence-electron chi connectivity index (χ4n) is 3.21. The zero-order valence-electron chi connectivity index (χ0n) is 15.6. The van der Waals surface area contributed by atoms with E-state index in [0.29, 0.717) is 11.6 Å². The molecular formula is C22H15BrClN5S. The molecule has 5 aromatic rings. The van der Waals surface area contributed by atoms with Gasteiger partial charge in [-0.1, -0.05) is 51.0 Å². The van der Waals surface area contributed by atoms with Crippen LogP contribution in [0.15, 0.2) is 77.3 Å². The number of nitrogens with one attached hydrogen (secondary N) is 1. The van der Waals surface area contributed by atoms with Gasteiger partial charge in [0.25, 0.3) is 0 Å². The second-order valence-corrected chi connectivity index (χ2v) is 9.06. The van der Waals surface area contributed by atoms with E-state index in [1.54, 1.807) is 0 Å². The number of nitrogens with zero attached hydrogens (tertiary/aromatic N) is 4. The number of aromatic nitrogens is 4. The van der Waals surface area contributed by atoms with E-state index in [1.165, 1.54) is 11.3 Å². The Morgan fingerprint density at radius 1 is 0.933 bits per heavy atom. The second-order valence-electron chi connectivity index (χ2n) is 6.65. The molecule has 0 aliphatic carbocycles. The first kappa shape index (κ1) is 19.2. The minimum absolute atomic E-state index is 0.582. The minimum atomic E-state index is 0.582. The summed E-state index contributed by atoms with van der Waals surface area (Å²) in [6, 6.07) is 23.8. The Bertz CT molecular complexity index is 1310. The normalized spacial score (nSPS) is 11.1. The molecule has 3 aromatic carbocycles. The summed E-state index contributed by atoms with van der Waals surface area (Å²) < 4.78 is 3.20.